The first-order chi connectivity index (χ1) is 6.43. The number of aliphatic carboxylic acids is 1. The number of halogens is 3. The van der Waals surface area contributed by atoms with Crippen molar-refractivity contribution < 1.29 is 19.4 Å². The van der Waals surface area contributed by atoms with Crippen LogP contribution in [0.2, 0.25) is 5.02 Å². The SMILES string of the molecule is O=C(O)C(O)c1cc(Cl)c(Br)cc1F. The monoisotopic (exact) mass is 282 g/mol. The molecule has 0 bridgehead atoms. The van der Waals surface area contributed by atoms with Crippen LogP contribution in [0.15, 0.2) is 16.6 Å². The molecule has 0 saturated heterocycles. The fraction of sp³-hybridized carbons (Fsp3) is 0.125. The lowest BCUT2D eigenvalue weighted by atomic mass is 10.1. The van der Waals surface area contributed by atoms with Crippen LogP contribution in [-0.2, 0) is 4.79 Å². The number of aliphatic hydroxyl groups is 1. The lowest BCUT2D eigenvalue weighted by molar-refractivity contribution is -0.147. The zero-order chi connectivity index (χ0) is 10.9. The van der Waals surface area contributed by atoms with Gasteiger partial charge in [0, 0.05) is 10.0 Å². The second kappa shape index (κ2) is 4.25. The Kier molecular flexibility index (Phi) is 3.47. The van der Waals surface area contributed by atoms with Gasteiger partial charge in [-0.15, -0.1) is 0 Å². The van der Waals surface area contributed by atoms with Crippen molar-refractivity contribution in [2.24, 2.45) is 0 Å². The quantitative estimate of drug-likeness (QED) is 0.819. The number of carboxylic acids is 1. The maximum absolute atomic E-state index is 13.1. The number of carboxylic acid groups (broad SMARTS) is 1. The number of hydrogen-bond donors (Lipinski definition) is 2. The number of aliphatic hydroxyl groups excluding tert-OH is 1. The third kappa shape index (κ3) is 2.23. The van der Waals surface area contributed by atoms with Crippen molar-refractivity contribution >= 4 is 33.5 Å². The summed E-state index contributed by atoms with van der Waals surface area (Å²) in [5.41, 5.74) is -0.356. The van der Waals surface area contributed by atoms with Gasteiger partial charge in [-0.3, -0.25) is 0 Å². The Morgan fingerprint density at radius 2 is 2.14 bits per heavy atom. The lowest BCUT2D eigenvalue weighted by Gasteiger charge is -2.08. The van der Waals surface area contributed by atoms with E-state index in [1.807, 2.05) is 0 Å². The number of benzene rings is 1. The topological polar surface area (TPSA) is 57.5 Å². The van der Waals surface area contributed by atoms with Crippen molar-refractivity contribution in [3.63, 3.8) is 0 Å². The fourth-order valence-electron chi connectivity index (χ4n) is 0.881. The first-order valence-corrected chi connectivity index (χ1v) is 4.66. The van der Waals surface area contributed by atoms with Gasteiger partial charge in [-0.05, 0) is 28.1 Å². The summed E-state index contributed by atoms with van der Waals surface area (Å²) in [5.74, 6) is -2.35. The van der Waals surface area contributed by atoms with Gasteiger partial charge >= 0.3 is 5.97 Å². The molecule has 0 aliphatic carbocycles. The number of rotatable bonds is 2. The molecule has 1 aromatic carbocycles. The highest BCUT2D eigenvalue weighted by Gasteiger charge is 2.21. The molecule has 0 heterocycles. The highest BCUT2D eigenvalue weighted by molar-refractivity contribution is 9.10. The van der Waals surface area contributed by atoms with Crippen LogP contribution < -0.4 is 0 Å². The first-order valence-electron chi connectivity index (χ1n) is 3.48. The molecular formula is C8H5BrClFO3. The van der Waals surface area contributed by atoms with Gasteiger partial charge in [0.1, 0.15) is 5.82 Å². The van der Waals surface area contributed by atoms with Crippen molar-refractivity contribution in [2.45, 2.75) is 6.10 Å². The zero-order valence-electron chi connectivity index (χ0n) is 6.67. The second-order valence-corrected chi connectivity index (χ2v) is 3.79. The largest absolute Gasteiger partial charge is 0.479 e. The highest BCUT2D eigenvalue weighted by Crippen LogP contribution is 2.28. The first kappa shape index (κ1) is 11.4. The van der Waals surface area contributed by atoms with Crippen LogP contribution in [0.4, 0.5) is 4.39 Å². The Morgan fingerprint density at radius 3 is 2.64 bits per heavy atom. The van der Waals surface area contributed by atoms with Gasteiger partial charge in [-0.25, -0.2) is 9.18 Å². The third-order valence-corrected chi connectivity index (χ3v) is 2.77. The van der Waals surface area contributed by atoms with Gasteiger partial charge < -0.3 is 10.2 Å². The summed E-state index contributed by atoms with van der Waals surface area (Å²) in [6.45, 7) is 0. The van der Waals surface area contributed by atoms with E-state index in [9.17, 15) is 9.18 Å². The molecule has 1 aromatic rings. The molecular weight excluding hydrogens is 278 g/mol. The van der Waals surface area contributed by atoms with Crippen molar-refractivity contribution in [1.82, 2.24) is 0 Å². The molecule has 0 radical (unpaired) electrons. The maximum atomic E-state index is 13.1. The van der Waals surface area contributed by atoms with Crippen LogP contribution in [0.1, 0.15) is 11.7 Å². The van der Waals surface area contributed by atoms with E-state index in [-0.39, 0.29) is 10.6 Å². The molecule has 0 amide bonds. The zero-order valence-corrected chi connectivity index (χ0v) is 9.01. The minimum Gasteiger partial charge on any atom is -0.479 e. The van der Waals surface area contributed by atoms with Gasteiger partial charge in [-0.2, -0.15) is 0 Å². The van der Waals surface area contributed by atoms with Gasteiger partial charge in [0.2, 0.25) is 0 Å². The van der Waals surface area contributed by atoms with Crippen molar-refractivity contribution in [3.05, 3.63) is 33.0 Å². The summed E-state index contributed by atoms with van der Waals surface area (Å²) in [5, 5.41) is 17.7. The molecule has 6 heteroatoms. The molecule has 0 spiro atoms. The predicted molar refractivity (Wildman–Crippen MR) is 51.7 cm³/mol. The summed E-state index contributed by atoms with van der Waals surface area (Å²) < 4.78 is 13.4. The van der Waals surface area contributed by atoms with Gasteiger partial charge in [-0.1, -0.05) is 11.6 Å². The van der Waals surface area contributed by atoms with Crippen LogP contribution in [0.3, 0.4) is 0 Å². The molecule has 76 valence electrons. The molecule has 2 N–H and O–H groups in total. The van der Waals surface area contributed by atoms with E-state index in [2.05, 4.69) is 15.9 Å². The van der Waals surface area contributed by atoms with Gasteiger partial charge in [0.05, 0.1) is 5.02 Å². The molecule has 0 saturated carbocycles. The number of carbonyl (C=O) groups is 1. The van der Waals surface area contributed by atoms with Crippen molar-refractivity contribution in [1.29, 1.82) is 0 Å². The molecule has 1 rings (SSSR count). The summed E-state index contributed by atoms with van der Waals surface area (Å²) in [6.07, 6.45) is -1.90. The molecule has 1 atom stereocenters. The Bertz CT molecular complexity index is 383. The van der Waals surface area contributed by atoms with Crippen LogP contribution in [-0.4, -0.2) is 16.2 Å². The highest BCUT2D eigenvalue weighted by atomic mass is 79.9. The molecule has 1 unspecified atom stereocenters. The fourth-order valence-corrected chi connectivity index (χ4v) is 1.37. The van der Waals surface area contributed by atoms with Crippen molar-refractivity contribution in [3.8, 4) is 0 Å². The Balaban J connectivity index is 3.22. The third-order valence-electron chi connectivity index (χ3n) is 1.57. The van der Waals surface area contributed by atoms with Crippen LogP contribution in [0.5, 0.6) is 0 Å². The minimum absolute atomic E-state index is 0.140. The number of hydrogen-bond acceptors (Lipinski definition) is 2. The average Bonchev–Trinajstić information content (AvgIpc) is 2.10. The minimum atomic E-state index is -1.90. The van der Waals surface area contributed by atoms with E-state index in [1.165, 1.54) is 0 Å². The van der Waals surface area contributed by atoms with E-state index in [4.69, 9.17) is 21.8 Å². The summed E-state index contributed by atoms with van der Waals surface area (Å²) in [6, 6.07) is 2.07. The second-order valence-electron chi connectivity index (χ2n) is 2.53. The average molecular weight is 283 g/mol. The standard InChI is InChI=1S/C8H5BrClFO3/c9-4-2-6(11)3(1-5(4)10)7(12)8(13)14/h1-2,7,12H,(H,13,14). The Hall–Kier alpha value is -0.650. The van der Waals surface area contributed by atoms with Gasteiger partial charge in [0.25, 0.3) is 0 Å². The molecule has 3 nitrogen and oxygen atoms in total. The predicted octanol–water partition coefficient (Wildman–Crippen LogP) is 2.36. The lowest BCUT2D eigenvalue weighted by Crippen LogP contribution is -2.12. The van der Waals surface area contributed by atoms with Crippen molar-refractivity contribution in [2.75, 3.05) is 0 Å². The van der Waals surface area contributed by atoms with Gasteiger partial charge in [0.15, 0.2) is 6.10 Å². The van der Waals surface area contributed by atoms with E-state index in [1.54, 1.807) is 0 Å². The van der Waals surface area contributed by atoms with E-state index < -0.39 is 17.9 Å². The van der Waals surface area contributed by atoms with E-state index in [0.717, 1.165) is 12.1 Å². The normalized spacial score (nSPS) is 12.6. The maximum Gasteiger partial charge on any atom is 0.337 e. The molecule has 0 aliphatic rings. The molecule has 0 fully saturated rings. The molecule has 0 aliphatic heterocycles. The van der Waals surface area contributed by atoms with E-state index >= 15 is 0 Å². The molecule has 0 aromatic heterocycles. The van der Waals surface area contributed by atoms with E-state index in [0.29, 0.717) is 4.47 Å². The van der Waals surface area contributed by atoms with Crippen LogP contribution in [0, 0.1) is 5.82 Å². The summed E-state index contributed by atoms with van der Waals surface area (Å²) >= 11 is 8.58. The summed E-state index contributed by atoms with van der Waals surface area (Å²) in [4.78, 5) is 10.4. The Morgan fingerprint density at radius 1 is 1.57 bits per heavy atom. The smallest absolute Gasteiger partial charge is 0.337 e. The van der Waals surface area contributed by atoms with Crippen LogP contribution in [0.25, 0.3) is 0 Å². The van der Waals surface area contributed by atoms with Crippen LogP contribution >= 0.6 is 27.5 Å². The Labute approximate surface area is 92.2 Å². The molecule has 14 heavy (non-hydrogen) atoms. The summed E-state index contributed by atoms with van der Waals surface area (Å²) in [7, 11) is 0.